The number of hydrogen-bond acceptors (Lipinski definition) is 15. The molecule has 0 saturated carbocycles. The van der Waals surface area contributed by atoms with Crippen LogP contribution in [0.2, 0.25) is 0 Å². The van der Waals surface area contributed by atoms with Gasteiger partial charge in [0, 0.05) is 25.7 Å². The third-order valence-electron chi connectivity index (χ3n) is 18.3. The number of phosphoric acid groups is 2. The Morgan fingerprint density at radius 2 is 0.531 bits per heavy atom. The highest BCUT2D eigenvalue weighted by molar-refractivity contribution is 7.47. The summed E-state index contributed by atoms with van der Waals surface area (Å²) >= 11 is 0. The fourth-order valence-electron chi connectivity index (χ4n) is 11.8. The van der Waals surface area contributed by atoms with Crippen LogP contribution in [0.15, 0.2) is 0 Å². The molecule has 19 heteroatoms. The van der Waals surface area contributed by atoms with Crippen LogP contribution in [0.4, 0.5) is 0 Å². The van der Waals surface area contributed by atoms with E-state index in [1.807, 2.05) is 0 Å². The van der Waals surface area contributed by atoms with Crippen LogP contribution < -0.4 is 0 Å². The summed E-state index contributed by atoms with van der Waals surface area (Å²) in [7, 11) is -9.90. The van der Waals surface area contributed by atoms with Gasteiger partial charge in [0.1, 0.15) is 19.3 Å². The fraction of sp³-hybridized carbons (Fsp3) is 0.948. The summed E-state index contributed by atoms with van der Waals surface area (Å²) in [6, 6.07) is 0. The Bertz CT molecular complexity index is 1860. The van der Waals surface area contributed by atoms with Crippen molar-refractivity contribution in [2.75, 3.05) is 39.6 Å². The molecule has 0 amide bonds. The molecule has 0 saturated heterocycles. The maximum Gasteiger partial charge on any atom is 0.472 e. The molecular formula is C77H150O17P2. The van der Waals surface area contributed by atoms with E-state index >= 15 is 0 Å². The Morgan fingerprint density at radius 3 is 0.792 bits per heavy atom. The smallest absolute Gasteiger partial charge is 0.462 e. The third kappa shape index (κ3) is 69.2. The molecule has 96 heavy (non-hydrogen) atoms. The molecule has 0 fully saturated rings. The van der Waals surface area contributed by atoms with Crippen LogP contribution in [-0.4, -0.2) is 96.7 Å². The van der Waals surface area contributed by atoms with Crippen LogP contribution in [0.3, 0.4) is 0 Å². The zero-order chi connectivity index (χ0) is 70.7. The molecule has 0 heterocycles. The van der Waals surface area contributed by atoms with E-state index in [0.717, 1.165) is 102 Å². The Balaban J connectivity index is 5.08. The fourth-order valence-corrected chi connectivity index (χ4v) is 13.4. The average Bonchev–Trinajstić information content (AvgIpc) is 1.11. The molecule has 3 unspecified atom stereocenters. The molecule has 0 aliphatic carbocycles. The van der Waals surface area contributed by atoms with Gasteiger partial charge in [0.25, 0.3) is 0 Å². The van der Waals surface area contributed by atoms with Crippen molar-refractivity contribution >= 4 is 39.5 Å². The van der Waals surface area contributed by atoms with Gasteiger partial charge in [-0.05, 0) is 37.5 Å². The molecule has 0 aliphatic heterocycles. The zero-order valence-electron chi connectivity index (χ0n) is 62.7. The van der Waals surface area contributed by atoms with E-state index in [2.05, 4.69) is 41.5 Å². The summed E-state index contributed by atoms with van der Waals surface area (Å²) in [4.78, 5) is 72.4. The minimum absolute atomic E-state index is 0.101. The van der Waals surface area contributed by atoms with Crippen molar-refractivity contribution in [3.05, 3.63) is 0 Å². The molecule has 0 radical (unpaired) electrons. The highest BCUT2D eigenvalue weighted by Crippen LogP contribution is 2.45. The van der Waals surface area contributed by atoms with Gasteiger partial charge in [-0.3, -0.25) is 37.3 Å². The zero-order valence-corrected chi connectivity index (χ0v) is 64.5. The minimum Gasteiger partial charge on any atom is -0.462 e. The van der Waals surface area contributed by atoms with Gasteiger partial charge in [-0.15, -0.1) is 0 Å². The first kappa shape index (κ1) is 94.1. The van der Waals surface area contributed by atoms with E-state index < -0.39 is 97.5 Å². The van der Waals surface area contributed by atoms with Crippen LogP contribution in [0, 0.1) is 11.8 Å². The molecule has 0 bridgehead atoms. The maximum absolute atomic E-state index is 13.1. The highest BCUT2D eigenvalue weighted by Gasteiger charge is 2.30. The van der Waals surface area contributed by atoms with Crippen molar-refractivity contribution in [3.8, 4) is 0 Å². The topological polar surface area (TPSA) is 237 Å². The lowest BCUT2D eigenvalue weighted by Gasteiger charge is -2.21. The number of ether oxygens (including phenoxy) is 4. The van der Waals surface area contributed by atoms with Gasteiger partial charge in [0.2, 0.25) is 0 Å². The van der Waals surface area contributed by atoms with Crippen molar-refractivity contribution in [2.45, 2.75) is 419 Å². The number of unbranched alkanes of at least 4 members (excludes halogenated alkanes) is 45. The summed E-state index contributed by atoms with van der Waals surface area (Å²) in [5.74, 6) is -0.592. The van der Waals surface area contributed by atoms with Crippen molar-refractivity contribution < 1.29 is 80.2 Å². The number of carbonyl (C=O) groups is 4. The van der Waals surface area contributed by atoms with E-state index in [1.165, 1.54) is 212 Å². The molecule has 0 aromatic rings. The number of carbonyl (C=O) groups excluding carboxylic acids is 4. The lowest BCUT2D eigenvalue weighted by Crippen LogP contribution is -2.30. The predicted molar refractivity (Wildman–Crippen MR) is 391 cm³/mol. The quantitative estimate of drug-likeness (QED) is 0.0222. The first-order chi connectivity index (χ1) is 46.4. The third-order valence-corrected chi connectivity index (χ3v) is 20.2. The lowest BCUT2D eigenvalue weighted by atomic mass is 9.99. The monoisotopic (exact) mass is 1410 g/mol. The second kappa shape index (κ2) is 68.8. The van der Waals surface area contributed by atoms with Crippen LogP contribution in [0.1, 0.15) is 401 Å². The van der Waals surface area contributed by atoms with Crippen LogP contribution in [-0.2, 0) is 65.4 Å². The molecule has 6 atom stereocenters. The van der Waals surface area contributed by atoms with Gasteiger partial charge >= 0.3 is 39.5 Å². The second-order valence-electron chi connectivity index (χ2n) is 28.5. The summed E-state index contributed by atoms with van der Waals surface area (Å²) in [6.07, 6.45) is 57.8. The lowest BCUT2D eigenvalue weighted by molar-refractivity contribution is -0.161. The SMILES string of the molecule is CCCCCCCCCCCCCCCCCCCCCCC(=O)OC[C@H](COP(=O)(O)OC[C@@H](O)COP(=O)(O)OC[C@@H](COC(=O)CCCCCCC)OC(=O)CCCCCCCCC(C)C)OC(=O)CCCCCCCCCCCCCCCCCCCCC(C)CC. The predicted octanol–water partition coefficient (Wildman–Crippen LogP) is 22.7. The normalized spacial score (nSPS) is 14.3. The number of rotatable bonds is 76. The first-order valence-electron chi connectivity index (χ1n) is 40.0. The molecule has 0 aliphatic rings. The molecule has 0 aromatic carbocycles. The van der Waals surface area contributed by atoms with Gasteiger partial charge in [-0.25, -0.2) is 9.13 Å². The summed E-state index contributed by atoms with van der Waals surface area (Å²) in [5, 5.41) is 10.6. The Hall–Kier alpha value is -1.94. The standard InChI is InChI=1S/C77H150O17P2/c1-7-10-12-14-15-16-17-18-19-20-21-22-26-29-32-35-38-41-48-54-60-75(80)88-66-73(93-76(81)61-55-49-42-39-36-33-30-27-24-23-25-28-31-34-37-40-47-52-58-70(6)9-3)68-92-96(85,86)90-64-71(78)63-89-95(83,84)91-67-72(65-87-74(79)59-53-45-13-11-8-2)94-77(82)62-56-50-44-43-46-51-57-69(4)5/h69-73,78H,7-68H2,1-6H3,(H,83,84)(H,85,86)/t70?,71-,72+,73+/m0/s1. The average molecular weight is 1410 g/mol. The van der Waals surface area contributed by atoms with Crippen molar-refractivity contribution in [3.63, 3.8) is 0 Å². The van der Waals surface area contributed by atoms with E-state index in [0.29, 0.717) is 31.6 Å². The second-order valence-corrected chi connectivity index (χ2v) is 31.4. The first-order valence-corrected chi connectivity index (χ1v) is 43.0. The summed E-state index contributed by atoms with van der Waals surface area (Å²) < 4.78 is 68.2. The van der Waals surface area contributed by atoms with Gasteiger partial charge in [0.15, 0.2) is 12.2 Å². The van der Waals surface area contributed by atoms with E-state index in [9.17, 15) is 43.2 Å². The van der Waals surface area contributed by atoms with Gasteiger partial charge in [-0.1, -0.05) is 350 Å². The number of hydrogen-bond donors (Lipinski definition) is 3. The minimum atomic E-state index is -4.96. The molecule has 17 nitrogen and oxygen atoms in total. The number of aliphatic hydroxyl groups excluding tert-OH is 1. The van der Waals surface area contributed by atoms with E-state index in [4.69, 9.17) is 37.0 Å². The molecular weight excluding hydrogens is 1260 g/mol. The van der Waals surface area contributed by atoms with Crippen molar-refractivity contribution in [1.82, 2.24) is 0 Å². The van der Waals surface area contributed by atoms with E-state index in [-0.39, 0.29) is 25.7 Å². The largest absolute Gasteiger partial charge is 0.472 e. The molecule has 0 rings (SSSR count). The van der Waals surface area contributed by atoms with Crippen LogP contribution in [0.25, 0.3) is 0 Å². The van der Waals surface area contributed by atoms with Crippen molar-refractivity contribution in [1.29, 1.82) is 0 Å². The molecule has 0 aromatic heterocycles. The molecule has 3 N–H and O–H groups in total. The van der Waals surface area contributed by atoms with Crippen LogP contribution in [0.5, 0.6) is 0 Å². The maximum atomic E-state index is 13.1. The number of aliphatic hydroxyl groups is 1. The van der Waals surface area contributed by atoms with Crippen molar-refractivity contribution in [2.24, 2.45) is 11.8 Å². The molecule has 0 spiro atoms. The summed E-state index contributed by atoms with van der Waals surface area (Å²) in [5.41, 5.74) is 0. The Morgan fingerprint density at radius 1 is 0.302 bits per heavy atom. The van der Waals surface area contributed by atoms with E-state index in [1.54, 1.807) is 0 Å². The Labute approximate surface area is 588 Å². The van der Waals surface area contributed by atoms with Crippen LogP contribution >= 0.6 is 15.6 Å². The van der Waals surface area contributed by atoms with Gasteiger partial charge < -0.3 is 33.8 Å². The Kier molecular flexibility index (Phi) is 67.4. The highest BCUT2D eigenvalue weighted by atomic mass is 31.2. The van der Waals surface area contributed by atoms with Gasteiger partial charge in [0.05, 0.1) is 26.4 Å². The summed E-state index contributed by atoms with van der Waals surface area (Å²) in [6.45, 7) is 9.47. The number of phosphoric ester groups is 2. The number of esters is 4. The van der Waals surface area contributed by atoms with Gasteiger partial charge in [-0.2, -0.15) is 0 Å². The molecule has 570 valence electrons.